The molecule has 6 nitrogen and oxygen atoms in total. The molecule has 1 N–H and O–H groups in total. The fourth-order valence-electron chi connectivity index (χ4n) is 2.63. The van der Waals surface area contributed by atoms with Crippen molar-refractivity contribution in [1.29, 1.82) is 0 Å². The second kappa shape index (κ2) is 6.34. The monoisotopic (exact) mass is 313 g/mol. The van der Waals surface area contributed by atoms with Crippen molar-refractivity contribution in [3.63, 3.8) is 0 Å². The van der Waals surface area contributed by atoms with Crippen molar-refractivity contribution in [3.8, 4) is 5.75 Å². The molecule has 23 heavy (non-hydrogen) atoms. The Labute approximate surface area is 134 Å². The summed E-state index contributed by atoms with van der Waals surface area (Å²) < 4.78 is 5.14. The van der Waals surface area contributed by atoms with Gasteiger partial charge in [0.15, 0.2) is 0 Å². The molecule has 0 saturated heterocycles. The average molecular weight is 313 g/mol. The summed E-state index contributed by atoms with van der Waals surface area (Å²) in [5.74, 6) is 1.26. The number of hydrogen-bond acceptors (Lipinski definition) is 5. The lowest BCUT2D eigenvalue weighted by Gasteiger charge is -2.16. The predicted octanol–water partition coefficient (Wildman–Crippen LogP) is 1.30. The minimum atomic E-state index is -0.990. The van der Waals surface area contributed by atoms with Crippen LogP contribution in [-0.2, 0) is 24.3 Å². The highest BCUT2D eigenvalue weighted by molar-refractivity contribution is 5.80. The molecule has 1 aromatic heterocycles. The van der Waals surface area contributed by atoms with Gasteiger partial charge < -0.3 is 14.7 Å². The molecule has 0 saturated carbocycles. The molecule has 0 aliphatic carbocycles. The fraction of sp³-hybridized carbons (Fsp3) is 0.353. The van der Waals surface area contributed by atoms with Crippen LogP contribution in [0.2, 0.25) is 0 Å². The number of rotatable bonds is 4. The second-order valence-electron chi connectivity index (χ2n) is 5.65. The summed E-state index contributed by atoms with van der Waals surface area (Å²) in [4.78, 5) is 22.4. The molecule has 0 unspecified atom stereocenters. The van der Waals surface area contributed by atoms with Gasteiger partial charge in [-0.15, -0.1) is 0 Å². The molecule has 6 heteroatoms. The minimum absolute atomic E-state index is 0.278. The summed E-state index contributed by atoms with van der Waals surface area (Å²) in [6, 6.07) is 7.79. The molecule has 3 rings (SSSR count). The normalized spacial score (nSPS) is 14.5. The standard InChI is InChI=1S/C17H19N3O3/c1-11(21)17(22)20-9-13-8-18-16(19-15(13)10-20)7-12-3-5-14(23-2)6-4-12/h3-6,8,11,21H,7,9-10H2,1-2H3/t11-/m1/s1. The molecule has 2 heterocycles. The van der Waals surface area contributed by atoms with Crippen molar-refractivity contribution in [3.05, 3.63) is 53.1 Å². The molecule has 1 aromatic carbocycles. The number of carbonyl (C=O) groups excluding carboxylic acids is 1. The van der Waals surface area contributed by atoms with Crippen molar-refractivity contribution >= 4 is 5.91 Å². The third kappa shape index (κ3) is 3.32. The van der Waals surface area contributed by atoms with Crippen LogP contribution in [-0.4, -0.2) is 39.1 Å². The van der Waals surface area contributed by atoms with Gasteiger partial charge in [-0.05, 0) is 24.6 Å². The maximum atomic E-state index is 11.9. The van der Waals surface area contributed by atoms with Crippen molar-refractivity contribution < 1.29 is 14.6 Å². The van der Waals surface area contributed by atoms with E-state index in [4.69, 9.17) is 4.74 Å². The molecule has 0 fully saturated rings. The van der Waals surface area contributed by atoms with E-state index in [1.54, 1.807) is 18.2 Å². The number of amides is 1. The Balaban J connectivity index is 1.73. The number of ether oxygens (including phenoxy) is 1. The Morgan fingerprint density at radius 1 is 1.35 bits per heavy atom. The number of methoxy groups -OCH3 is 1. The summed E-state index contributed by atoms with van der Waals surface area (Å²) >= 11 is 0. The molecule has 2 aromatic rings. The van der Waals surface area contributed by atoms with E-state index in [0.717, 1.165) is 28.4 Å². The van der Waals surface area contributed by atoms with Crippen LogP contribution in [0.4, 0.5) is 0 Å². The zero-order valence-electron chi connectivity index (χ0n) is 13.2. The van der Waals surface area contributed by atoms with Crippen molar-refractivity contribution in [2.75, 3.05) is 7.11 Å². The van der Waals surface area contributed by atoms with Gasteiger partial charge in [0.2, 0.25) is 0 Å². The van der Waals surface area contributed by atoms with Crippen LogP contribution in [0.5, 0.6) is 5.75 Å². The van der Waals surface area contributed by atoms with Gasteiger partial charge in [-0.3, -0.25) is 4.79 Å². The highest BCUT2D eigenvalue weighted by Crippen LogP contribution is 2.22. The Kier molecular flexibility index (Phi) is 4.25. The largest absolute Gasteiger partial charge is 0.497 e. The first-order chi connectivity index (χ1) is 11.1. The lowest BCUT2D eigenvalue weighted by Crippen LogP contribution is -2.33. The molecule has 0 radical (unpaired) electrons. The average Bonchev–Trinajstić information content (AvgIpc) is 2.98. The summed E-state index contributed by atoms with van der Waals surface area (Å²) in [6.07, 6.45) is 1.41. The highest BCUT2D eigenvalue weighted by Gasteiger charge is 2.27. The van der Waals surface area contributed by atoms with Crippen LogP contribution >= 0.6 is 0 Å². The number of aliphatic hydroxyl groups excluding tert-OH is 1. The zero-order valence-corrected chi connectivity index (χ0v) is 13.2. The van der Waals surface area contributed by atoms with E-state index in [9.17, 15) is 9.90 Å². The van der Waals surface area contributed by atoms with Gasteiger partial charge in [0, 0.05) is 24.7 Å². The molecule has 0 bridgehead atoms. The third-order valence-electron chi connectivity index (χ3n) is 3.90. The van der Waals surface area contributed by atoms with E-state index in [-0.39, 0.29) is 5.91 Å². The van der Waals surface area contributed by atoms with Crippen LogP contribution in [0, 0.1) is 0 Å². The summed E-state index contributed by atoms with van der Waals surface area (Å²) in [5.41, 5.74) is 2.90. The second-order valence-corrected chi connectivity index (χ2v) is 5.65. The van der Waals surface area contributed by atoms with Gasteiger partial charge in [-0.25, -0.2) is 9.97 Å². The lowest BCUT2D eigenvalue weighted by atomic mass is 10.1. The van der Waals surface area contributed by atoms with Gasteiger partial charge in [0.1, 0.15) is 17.7 Å². The molecule has 1 aliphatic rings. The van der Waals surface area contributed by atoms with Crippen molar-refractivity contribution in [1.82, 2.24) is 14.9 Å². The Morgan fingerprint density at radius 3 is 2.74 bits per heavy atom. The first-order valence-corrected chi connectivity index (χ1v) is 7.50. The first-order valence-electron chi connectivity index (χ1n) is 7.50. The Hall–Kier alpha value is -2.47. The Bertz CT molecular complexity index is 714. The van der Waals surface area contributed by atoms with E-state index in [1.165, 1.54) is 6.92 Å². The number of fused-ring (bicyclic) bond motifs is 1. The molecule has 1 atom stereocenters. The van der Waals surface area contributed by atoms with Crippen LogP contribution < -0.4 is 4.74 Å². The highest BCUT2D eigenvalue weighted by atomic mass is 16.5. The SMILES string of the molecule is COc1ccc(Cc2ncc3c(n2)CN(C(=O)[C@@H](C)O)C3)cc1. The van der Waals surface area contributed by atoms with E-state index < -0.39 is 6.10 Å². The van der Waals surface area contributed by atoms with Gasteiger partial charge >= 0.3 is 0 Å². The molecular weight excluding hydrogens is 294 g/mol. The van der Waals surface area contributed by atoms with E-state index >= 15 is 0 Å². The van der Waals surface area contributed by atoms with Crippen LogP contribution in [0.3, 0.4) is 0 Å². The molecule has 0 spiro atoms. The maximum Gasteiger partial charge on any atom is 0.251 e. The number of hydrogen-bond donors (Lipinski definition) is 1. The maximum absolute atomic E-state index is 11.9. The van der Waals surface area contributed by atoms with E-state index in [0.29, 0.717) is 19.5 Å². The molecular formula is C17H19N3O3. The van der Waals surface area contributed by atoms with Gasteiger partial charge in [-0.2, -0.15) is 0 Å². The molecule has 1 amide bonds. The van der Waals surface area contributed by atoms with E-state index in [1.807, 2.05) is 24.3 Å². The Morgan fingerprint density at radius 2 is 2.09 bits per heavy atom. The number of benzene rings is 1. The summed E-state index contributed by atoms with van der Waals surface area (Å²) in [7, 11) is 1.64. The van der Waals surface area contributed by atoms with Gasteiger partial charge in [0.25, 0.3) is 5.91 Å². The van der Waals surface area contributed by atoms with Crippen LogP contribution in [0.1, 0.15) is 29.6 Å². The molecule has 1 aliphatic heterocycles. The predicted molar refractivity (Wildman–Crippen MR) is 83.8 cm³/mol. The quantitative estimate of drug-likeness (QED) is 0.921. The fourth-order valence-corrected chi connectivity index (χ4v) is 2.63. The third-order valence-corrected chi connectivity index (χ3v) is 3.90. The minimum Gasteiger partial charge on any atom is -0.497 e. The number of aliphatic hydroxyl groups is 1. The molecule has 120 valence electrons. The van der Waals surface area contributed by atoms with Crippen molar-refractivity contribution in [2.24, 2.45) is 0 Å². The lowest BCUT2D eigenvalue weighted by molar-refractivity contribution is -0.139. The van der Waals surface area contributed by atoms with Crippen LogP contribution in [0.15, 0.2) is 30.5 Å². The zero-order chi connectivity index (χ0) is 16.4. The summed E-state index contributed by atoms with van der Waals surface area (Å²) in [6.45, 7) is 2.37. The van der Waals surface area contributed by atoms with Crippen molar-refractivity contribution in [2.45, 2.75) is 32.5 Å². The summed E-state index contributed by atoms with van der Waals surface area (Å²) in [5, 5.41) is 9.42. The number of aromatic nitrogens is 2. The topological polar surface area (TPSA) is 75.6 Å². The van der Waals surface area contributed by atoms with Gasteiger partial charge in [-0.1, -0.05) is 12.1 Å². The van der Waals surface area contributed by atoms with E-state index in [2.05, 4.69) is 9.97 Å². The number of carbonyl (C=O) groups is 1. The first kappa shape index (κ1) is 15.4. The van der Waals surface area contributed by atoms with Crippen LogP contribution in [0.25, 0.3) is 0 Å². The smallest absolute Gasteiger partial charge is 0.251 e. The number of nitrogens with zero attached hydrogens (tertiary/aromatic N) is 3. The van der Waals surface area contributed by atoms with Gasteiger partial charge in [0.05, 0.1) is 19.3 Å².